The van der Waals surface area contributed by atoms with Crippen molar-refractivity contribution in [1.29, 1.82) is 0 Å². The Balaban J connectivity index is 1.77. The number of carboxylic acid groups (broad SMARTS) is 1. The second kappa shape index (κ2) is 18.6. The zero-order valence-electron chi connectivity index (χ0n) is 25.1. The number of aliphatic carboxylic acids is 1. The van der Waals surface area contributed by atoms with Gasteiger partial charge >= 0.3 is 5.97 Å². The Bertz CT molecular complexity index is 841. The number of anilines is 1. The van der Waals surface area contributed by atoms with Gasteiger partial charge in [-0.2, -0.15) is 0 Å². The minimum atomic E-state index is -1.01. The monoisotopic (exact) mass is 563 g/mol. The topological polar surface area (TPSA) is 149 Å². The van der Waals surface area contributed by atoms with Gasteiger partial charge in [0, 0.05) is 18.7 Å². The number of nitrogens with two attached hydrogens (primary N) is 1. The van der Waals surface area contributed by atoms with Gasteiger partial charge in [0.1, 0.15) is 5.82 Å². The van der Waals surface area contributed by atoms with Crippen LogP contribution in [0.2, 0.25) is 0 Å². The maximum Gasteiger partial charge on any atom is 0.309 e. The third-order valence-electron chi connectivity index (χ3n) is 8.96. The largest absolute Gasteiger partial charge is 0.481 e. The Kier molecular flexibility index (Phi) is 16.1. The van der Waals surface area contributed by atoms with Crippen molar-refractivity contribution in [3.05, 3.63) is 23.9 Å². The average molecular weight is 564 g/mol. The zero-order chi connectivity index (χ0) is 29.4. The van der Waals surface area contributed by atoms with Crippen LogP contribution in [-0.4, -0.2) is 62.8 Å². The van der Waals surface area contributed by atoms with Gasteiger partial charge in [-0.15, -0.1) is 0 Å². The van der Waals surface area contributed by atoms with Crippen LogP contribution in [0.4, 0.5) is 5.82 Å². The molecule has 2 rings (SSSR count). The van der Waals surface area contributed by atoms with Gasteiger partial charge in [-0.3, -0.25) is 4.79 Å². The van der Waals surface area contributed by atoms with Crippen molar-refractivity contribution in [2.45, 2.75) is 134 Å². The number of carbonyl (C=O) groups is 1. The van der Waals surface area contributed by atoms with Crippen LogP contribution in [0.25, 0.3) is 0 Å². The van der Waals surface area contributed by atoms with Crippen molar-refractivity contribution in [2.24, 2.45) is 17.8 Å². The van der Waals surface area contributed by atoms with Gasteiger partial charge in [0.25, 0.3) is 0 Å². The number of aliphatic hydroxyl groups excluding tert-OH is 2. The summed E-state index contributed by atoms with van der Waals surface area (Å²) in [4.78, 5) is 16.1. The second-order valence-electron chi connectivity index (χ2n) is 12.4. The molecule has 1 fully saturated rings. The SMILES string of the molecule is CCCCCCCC(O)CCCCCCC(C(=O)O)C(O)CC(CNC)C1(O)CCC(Cc2ccnc(N)c2)C1. The van der Waals surface area contributed by atoms with E-state index in [0.29, 0.717) is 37.5 Å². The molecule has 1 aliphatic rings. The molecular weight excluding hydrogens is 506 g/mol. The highest BCUT2D eigenvalue weighted by molar-refractivity contribution is 5.70. The molecule has 1 aliphatic carbocycles. The molecule has 0 aromatic carbocycles. The molecule has 0 spiro atoms. The first-order valence-electron chi connectivity index (χ1n) is 15.8. The number of nitrogen functional groups attached to an aromatic ring is 1. The second-order valence-corrected chi connectivity index (χ2v) is 12.4. The Labute approximate surface area is 242 Å². The number of carboxylic acids is 1. The third kappa shape index (κ3) is 12.4. The molecule has 0 radical (unpaired) electrons. The summed E-state index contributed by atoms with van der Waals surface area (Å²) >= 11 is 0. The van der Waals surface area contributed by atoms with E-state index in [-0.39, 0.29) is 18.4 Å². The first-order valence-corrected chi connectivity index (χ1v) is 15.8. The molecule has 0 aliphatic heterocycles. The summed E-state index contributed by atoms with van der Waals surface area (Å²) in [6, 6.07) is 3.83. The summed E-state index contributed by atoms with van der Waals surface area (Å²) < 4.78 is 0. The van der Waals surface area contributed by atoms with Crippen LogP contribution in [0.3, 0.4) is 0 Å². The lowest BCUT2D eigenvalue weighted by Crippen LogP contribution is -2.44. The van der Waals surface area contributed by atoms with Crippen LogP contribution < -0.4 is 11.1 Å². The predicted octanol–water partition coefficient (Wildman–Crippen LogP) is 5.09. The summed E-state index contributed by atoms with van der Waals surface area (Å²) in [6.45, 7) is 2.73. The van der Waals surface area contributed by atoms with Crippen LogP contribution in [-0.2, 0) is 11.2 Å². The lowest BCUT2D eigenvalue weighted by atomic mass is 9.78. The smallest absolute Gasteiger partial charge is 0.309 e. The average Bonchev–Trinajstić information content (AvgIpc) is 3.28. The number of unbranched alkanes of at least 4 members (excludes halogenated alkanes) is 7. The van der Waals surface area contributed by atoms with Crippen molar-refractivity contribution >= 4 is 11.8 Å². The highest BCUT2D eigenvalue weighted by Gasteiger charge is 2.44. The van der Waals surface area contributed by atoms with Gasteiger partial charge < -0.3 is 31.5 Å². The van der Waals surface area contributed by atoms with E-state index < -0.39 is 23.6 Å². The summed E-state index contributed by atoms with van der Waals surface area (Å²) in [5.74, 6) is -1.25. The van der Waals surface area contributed by atoms with Crippen molar-refractivity contribution in [3.8, 4) is 0 Å². The van der Waals surface area contributed by atoms with E-state index in [1.807, 2.05) is 19.2 Å². The minimum Gasteiger partial charge on any atom is -0.481 e. The van der Waals surface area contributed by atoms with Gasteiger partial charge in [0.2, 0.25) is 0 Å². The number of nitrogens with zero attached hydrogens (tertiary/aromatic N) is 1. The van der Waals surface area contributed by atoms with E-state index in [0.717, 1.165) is 63.4 Å². The molecule has 6 atom stereocenters. The number of rotatable bonds is 22. The number of pyridine rings is 1. The first kappa shape index (κ1) is 34.5. The first-order chi connectivity index (χ1) is 19.2. The van der Waals surface area contributed by atoms with Crippen LogP contribution in [0.15, 0.2) is 18.3 Å². The fourth-order valence-electron chi connectivity index (χ4n) is 6.56. The maximum absolute atomic E-state index is 12.1. The molecule has 0 saturated heterocycles. The summed E-state index contributed by atoms with van der Waals surface area (Å²) in [7, 11) is 1.83. The lowest BCUT2D eigenvalue weighted by molar-refractivity contribution is -0.147. The number of hydrogen-bond acceptors (Lipinski definition) is 7. The van der Waals surface area contributed by atoms with Gasteiger partial charge in [0.05, 0.1) is 23.7 Å². The Morgan fingerprint density at radius 1 is 1.10 bits per heavy atom. The number of aromatic nitrogens is 1. The van der Waals surface area contributed by atoms with Crippen LogP contribution in [0, 0.1) is 17.8 Å². The maximum atomic E-state index is 12.1. The lowest BCUT2D eigenvalue weighted by Gasteiger charge is -2.35. The molecule has 8 nitrogen and oxygen atoms in total. The van der Waals surface area contributed by atoms with Crippen LogP contribution in [0.5, 0.6) is 0 Å². The van der Waals surface area contributed by atoms with E-state index >= 15 is 0 Å². The molecule has 230 valence electrons. The standard InChI is InChI=1S/C32H57N3O5/c1-3-4-5-6-9-12-27(36)13-10-7-8-11-14-28(31(38)39)29(37)21-26(23-34-2)32(40)17-15-25(22-32)19-24-16-18-35-30(33)20-24/h16,18,20,25-29,34,36-37,40H,3-15,17,19,21-23H2,1-2H3,(H2,33,35)(H,38,39). The van der Waals surface area contributed by atoms with Crippen molar-refractivity contribution < 1.29 is 25.2 Å². The van der Waals surface area contributed by atoms with E-state index in [1.165, 1.54) is 25.7 Å². The number of nitrogens with one attached hydrogen (secondary N) is 1. The molecule has 40 heavy (non-hydrogen) atoms. The van der Waals surface area contributed by atoms with Crippen molar-refractivity contribution in [3.63, 3.8) is 0 Å². The van der Waals surface area contributed by atoms with E-state index in [1.54, 1.807) is 6.20 Å². The summed E-state index contributed by atoms with van der Waals surface area (Å²) in [5.41, 5.74) is 5.99. The van der Waals surface area contributed by atoms with Gasteiger partial charge in [-0.25, -0.2) is 4.98 Å². The van der Waals surface area contributed by atoms with E-state index in [2.05, 4.69) is 17.2 Å². The van der Waals surface area contributed by atoms with Crippen molar-refractivity contribution in [1.82, 2.24) is 10.3 Å². The quantitative estimate of drug-likeness (QED) is 0.107. The van der Waals surface area contributed by atoms with Gasteiger partial charge in [-0.05, 0) is 82.0 Å². The van der Waals surface area contributed by atoms with Crippen LogP contribution >= 0.6 is 0 Å². The van der Waals surface area contributed by atoms with E-state index in [4.69, 9.17) is 5.73 Å². The molecule has 0 amide bonds. The molecule has 0 bridgehead atoms. The van der Waals surface area contributed by atoms with E-state index in [9.17, 15) is 25.2 Å². The third-order valence-corrected chi connectivity index (χ3v) is 8.96. The molecule has 6 unspecified atom stereocenters. The van der Waals surface area contributed by atoms with Crippen molar-refractivity contribution in [2.75, 3.05) is 19.3 Å². The molecular formula is C32H57N3O5. The highest BCUT2D eigenvalue weighted by atomic mass is 16.4. The zero-order valence-corrected chi connectivity index (χ0v) is 25.1. The Hall–Kier alpha value is -1.74. The van der Waals surface area contributed by atoms with Crippen LogP contribution in [0.1, 0.15) is 115 Å². The summed E-state index contributed by atoms with van der Waals surface area (Å²) in [5, 5.41) is 45.8. The Morgan fingerprint density at radius 3 is 2.35 bits per heavy atom. The molecule has 1 aromatic heterocycles. The molecule has 1 aromatic rings. The Morgan fingerprint density at radius 2 is 1.75 bits per heavy atom. The molecule has 1 saturated carbocycles. The summed E-state index contributed by atoms with van der Waals surface area (Å²) in [6.07, 6.45) is 15.3. The molecule has 8 heteroatoms. The predicted molar refractivity (Wildman–Crippen MR) is 161 cm³/mol. The number of hydrogen-bond donors (Lipinski definition) is 6. The fourth-order valence-corrected chi connectivity index (χ4v) is 6.56. The number of aliphatic hydroxyl groups is 3. The fraction of sp³-hybridized carbons (Fsp3) is 0.812. The normalized spacial score (nSPS) is 22.2. The van der Waals surface area contributed by atoms with Gasteiger partial charge in [-0.1, -0.05) is 64.7 Å². The van der Waals surface area contributed by atoms with Gasteiger partial charge in [0.15, 0.2) is 0 Å². The highest BCUT2D eigenvalue weighted by Crippen LogP contribution is 2.43. The molecule has 7 N–H and O–H groups in total. The molecule has 1 heterocycles. The minimum absolute atomic E-state index is 0.231.